The van der Waals surface area contributed by atoms with Crippen molar-refractivity contribution >= 4 is 38.6 Å². The second kappa shape index (κ2) is 6.62. The largest absolute Gasteiger partial charge is 0.366 e. The third-order valence-corrected chi connectivity index (χ3v) is 5.09. The van der Waals surface area contributed by atoms with Crippen molar-refractivity contribution in [3.05, 3.63) is 48.5 Å². The number of imidazole rings is 1. The first kappa shape index (κ1) is 17.9. The lowest BCUT2D eigenvalue weighted by Gasteiger charge is -2.10. The molecule has 0 atom stereocenters. The van der Waals surface area contributed by atoms with E-state index < -0.39 is 10.0 Å². The van der Waals surface area contributed by atoms with Gasteiger partial charge >= 0.3 is 0 Å². The van der Waals surface area contributed by atoms with E-state index in [1.807, 2.05) is 35.8 Å². The predicted octanol–water partition coefficient (Wildman–Crippen LogP) is 1.61. The Kier molecular flexibility index (Phi) is 4.24. The molecular formula is C17H18N8O2S. The van der Waals surface area contributed by atoms with Crippen molar-refractivity contribution in [1.29, 1.82) is 0 Å². The van der Waals surface area contributed by atoms with Crippen LogP contribution in [0.25, 0.3) is 17.0 Å². The second-order valence-electron chi connectivity index (χ2n) is 6.05. The maximum absolute atomic E-state index is 11.6. The molecule has 0 bridgehead atoms. The van der Waals surface area contributed by atoms with Gasteiger partial charge in [0.15, 0.2) is 0 Å². The van der Waals surface area contributed by atoms with Gasteiger partial charge in [-0.05, 0) is 37.3 Å². The standard InChI is InChI=1S/C17H18N8O2S/c1-2-24-14-9-4-3-8-13(14)21-17(24)25-16(22-15(18)23-25)20-11-6-5-7-12(10-11)28(19,26)27/h3-10H,2H2,1H3,(H2,19,26,27)(H3,18,20,22,23). The molecule has 11 heteroatoms. The monoisotopic (exact) mass is 398 g/mol. The average molecular weight is 398 g/mol. The van der Waals surface area contributed by atoms with E-state index in [2.05, 4.69) is 20.4 Å². The molecule has 4 aromatic rings. The van der Waals surface area contributed by atoms with Crippen LogP contribution in [0.15, 0.2) is 53.4 Å². The van der Waals surface area contributed by atoms with Crippen LogP contribution in [0.5, 0.6) is 0 Å². The highest BCUT2D eigenvalue weighted by Crippen LogP contribution is 2.24. The van der Waals surface area contributed by atoms with Crippen molar-refractivity contribution in [2.24, 2.45) is 5.14 Å². The fourth-order valence-corrected chi connectivity index (χ4v) is 3.52. The van der Waals surface area contributed by atoms with Gasteiger partial charge in [-0.2, -0.15) is 9.67 Å². The third kappa shape index (κ3) is 3.17. The highest BCUT2D eigenvalue weighted by molar-refractivity contribution is 7.89. The van der Waals surface area contributed by atoms with Crippen LogP contribution in [0.3, 0.4) is 0 Å². The van der Waals surface area contributed by atoms with E-state index >= 15 is 0 Å². The molecule has 2 aromatic carbocycles. The summed E-state index contributed by atoms with van der Waals surface area (Å²) in [6, 6.07) is 13.8. The molecule has 0 aliphatic carbocycles. The molecule has 0 amide bonds. The lowest BCUT2D eigenvalue weighted by atomic mass is 10.3. The number of nitrogens with two attached hydrogens (primary N) is 2. The maximum atomic E-state index is 11.6. The minimum atomic E-state index is -3.83. The summed E-state index contributed by atoms with van der Waals surface area (Å²) in [6.07, 6.45) is 0. The second-order valence-corrected chi connectivity index (χ2v) is 7.61. The lowest BCUT2D eigenvalue weighted by molar-refractivity contribution is 0.598. The lowest BCUT2D eigenvalue weighted by Crippen LogP contribution is -2.13. The Bertz CT molecular complexity index is 1280. The Labute approximate surface area is 160 Å². The van der Waals surface area contributed by atoms with Gasteiger partial charge in [-0.15, -0.1) is 5.10 Å². The number of aromatic nitrogens is 5. The van der Waals surface area contributed by atoms with Crippen LogP contribution in [0, 0.1) is 0 Å². The molecule has 0 aliphatic rings. The van der Waals surface area contributed by atoms with E-state index in [0.717, 1.165) is 11.0 Å². The predicted molar refractivity (Wildman–Crippen MR) is 106 cm³/mol. The zero-order valence-corrected chi connectivity index (χ0v) is 15.8. The zero-order chi connectivity index (χ0) is 19.9. The van der Waals surface area contributed by atoms with Gasteiger partial charge in [0, 0.05) is 12.2 Å². The first-order valence-electron chi connectivity index (χ1n) is 8.45. The minimum absolute atomic E-state index is 0.0164. The number of nitrogen functional groups attached to an aromatic ring is 1. The van der Waals surface area contributed by atoms with Gasteiger partial charge in [0.05, 0.1) is 15.9 Å². The summed E-state index contributed by atoms with van der Waals surface area (Å²) in [7, 11) is -3.83. The number of nitrogens with one attached hydrogen (secondary N) is 1. The molecule has 4 rings (SSSR count). The van der Waals surface area contributed by atoms with Crippen molar-refractivity contribution in [2.75, 3.05) is 11.1 Å². The summed E-state index contributed by atoms with van der Waals surface area (Å²) < 4.78 is 26.7. The average Bonchev–Trinajstić information content (AvgIpc) is 3.20. The van der Waals surface area contributed by atoms with Crippen LogP contribution >= 0.6 is 0 Å². The summed E-state index contributed by atoms with van der Waals surface area (Å²) in [5.41, 5.74) is 8.06. The Hall–Kier alpha value is -3.44. The van der Waals surface area contributed by atoms with Crippen LogP contribution < -0.4 is 16.2 Å². The number of primary sulfonamides is 1. The quantitative estimate of drug-likeness (QED) is 0.463. The number of rotatable bonds is 5. The molecule has 2 heterocycles. The maximum Gasteiger partial charge on any atom is 0.241 e. The number of fused-ring (bicyclic) bond motifs is 1. The molecule has 0 aliphatic heterocycles. The first-order chi connectivity index (χ1) is 13.4. The Morgan fingerprint density at radius 2 is 1.89 bits per heavy atom. The number of benzene rings is 2. The molecule has 0 spiro atoms. The van der Waals surface area contributed by atoms with Crippen molar-refractivity contribution in [3.63, 3.8) is 0 Å². The summed E-state index contributed by atoms with van der Waals surface area (Å²) in [5, 5.41) is 12.5. The zero-order valence-electron chi connectivity index (χ0n) is 14.9. The Balaban J connectivity index is 1.81. The molecule has 2 aromatic heterocycles. The van der Waals surface area contributed by atoms with Gasteiger partial charge < -0.3 is 15.6 Å². The Morgan fingerprint density at radius 3 is 2.64 bits per heavy atom. The van der Waals surface area contributed by atoms with Crippen molar-refractivity contribution in [1.82, 2.24) is 24.3 Å². The van der Waals surface area contributed by atoms with E-state index in [1.165, 1.54) is 16.8 Å². The first-order valence-corrected chi connectivity index (χ1v) is 9.99. The molecule has 28 heavy (non-hydrogen) atoms. The molecule has 0 radical (unpaired) electrons. The molecular weight excluding hydrogens is 380 g/mol. The fraction of sp³-hybridized carbons (Fsp3) is 0.118. The molecule has 0 saturated heterocycles. The van der Waals surface area contributed by atoms with Crippen LogP contribution in [-0.2, 0) is 16.6 Å². The smallest absolute Gasteiger partial charge is 0.241 e. The van der Waals surface area contributed by atoms with Gasteiger partial charge in [-0.3, -0.25) is 0 Å². The summed E-state index contributed by atoms with van der Waals surface area (Å²) in [5.74, 6) is 0.895. The number of nitrogens with zero attached hydrogens (tertiary/aromatic N) is 5. The third-order valence-electron chi connectivity index (χ3n) is 4.18. The molecule has 0 saturated carbocycles. The number of hydrogen-bond donors (Lipinski definition) is 3. The highest BCUT2D eigenvalue weighted by Gasteiger charge is 2.18. The normalized spacial score (nSPS) is 11.8. The topological polar surface area (TPSA) is 147 Å². The number of para-hydroxylation sites is 2. The van der Waals surface area contributed by atoms with E-state index in [1.54, 1.807) is 12.1 Å². The van der Waals surface area contributed by atoms with E-state index in [0.29, 0.717) is 24.1 Å². The summed E-state index contributed by atoms with van der Waals surface area (Å²) in [4.78, 5) is 8.83. The van der Waals surface area contributed by atoms with Gasteiger partial charge in [0.1, 0.15) is 0 Å². The molecule has 0 unspecified atom stereocenters. The molecule has 144 valence electrons. The summed E-state index contributed by atoms with van der Waals surface area (Å²) in [6.45, 7) is 2.66. The van der Waals surface area contributed by atoms with Crippen molar-refractivity contribution < 1.29 is 8.42 Å². The fourth-order valence-electron chi connectivity index (χ4n) is 2.96. The highest BCUT2D eigenvalue weighted by atomic mass is 32.2. The van der Waals surface area contributed by atoms with Gasteiger partial charge in [-0.25, -0.2) is 18.5 Å². The number of aryl methyl sites for hydroxylation is 1. The van der Waals surface area contributed by atoms with Crippen molar-refractivity contribution in [3.8, 4) is 5.95 Å². The van der Waals surface area contributed by atoms with Gasteiger partial charge in [-0.1, -0.05) is 18.2 Å². The van der Waals surface area contributed by atoms with Gasteiger partial charge in [0.25, 0.3) is 0 Å². The van der Waals surface area contributed by atoms with Crippen LogP contribution in [0.4, 0.5) is 17.6 Å². The number of hydrogen-bond acceptors (Lipinski definition) is 7. The molecule has 10 nitrogen and oxygen atoms in total. The van der Waals surface area contributed by atoms with Crippen LogP contribution in [0.2, 0.25) is 0 Å². The summed E-state index contributed by atoms with van der Waals surface area (Å²) >= 11 is 0. The number of sulfonamides is 1. The SMILES string of the molecule is CCn1c(-n2nc(N)nc2Nc2cccc(S(N)(=O)=O)c2)nc2ccccc21. The van der Waals surface area contributed by atoms with Crippen LogP contribution in [0.1, 0.15) is 6.92 Å². The molecule has 5 N–H and O–H groups in total. The Morgan fingerprint density at radius 1 is 1.11 bits per heavy atom. The van der Waals surface area contributed by atoms with E-state index in [4.69, 9.17) is 10.9 Å². The van der Waals surface area contributed by atoms with E-state index in [-0.39, 0.29) is 10.8 Å². The number of anilines is 3. The minimum Gasteiger partial charge on any atom is -0.366 e. The van der Waals surface area contributed by atoms with Crippen molar-refractivity contribution in [2.45, 2.75) is 18.4 Å². The molecule has 0 fully saturated rings. The van der Waals surface area contributed by atoms with Crippen LogP contribution in [-0.4, -0.2) is 32.7 Å². The van der Waals surface area contributed by atoms with Gasteiger partial charge in [0.2, 0.25) is 27.9 Å². The van der Waals surface area contributed by atoms with E-state index in [9.17, 15) is 8.42 Å².